The van der Waals surface area contributed by atoms with Crippen molar-refractivity contribution in [1.82, 2.24) is 26.1 Å². The lowest BCUT2D eigenvalue weighted by atomic mass is 9.86. The van der Waals surface area contributed by atoms with Crippen molar-refractivity contribution in [2.75, 3.05) is 6.54 Å². The molecule has 1 aromatic heterocycles. The summed E-state index contributed by atoms with van der Waals surface area (Å²) < 4.78 is 5.89. The summed E-state index contributed by atoms with van der Waals surface area (Å²) in [7, 11) is -3.42. The van der Waals surface area contributed by atoms with Gasteiger partial charge >= 0.3 is 5.97 Å². The lowest BCUT2D eigenvalue weighted by molar-refractivity contribution is -0.157. The molecule has 3 aromatic carbocycles. The van der Waals surface area contributed by atoms with Gasteiger partial charge in [0.15, 0.2) is 0 Å². The minimum Gasteiger partial charge on any atom is -0.455 e. The maximum absolute atomic E-state index is 13.6. The number of cyclic esters (lactones) is 1. The molecule has 0 radical (unpaired) electrons. The molecule has 0 spiro atoms. The number of ether oxygens (including phenoxy) is 1. The van der Waals surface area contributed by atoms with Crippen LogP contribution < -0.4 is 26.4 Å². The second kappa shape index (κ2) is 18.8. The Morgan fingerprint density at radius 2 is 1.53 bits per heavy atom. The van der Waals surface area contributed by atoms with Crippen LogP contribution in [0.4, 0.5) is 0 Å². The molecular weight excluding hydrogens is 759 g/mol. The first-order valence-corrected chi connectivity index (χ1v) is 22.9. The SMILES string of the molecule is CC(C)[C@@H]1NC(=O)CCCC(C(C)(C)[Si](O)(c2ccccc2)c2ccccc2)C/C=C/c2ccc3ccc(nc3c2)[C@@H](C)OC(=O)[C@@H]2CCCN(N2)C(=O)[C@H](C)NC1=O. The van der Waals surface area contributed by atoms with Crippen molar-refractivity contribution < 1.29 is 28.7 Å². The first kappa shape index (κ1) is 43.4. The number of allylic oxidation sites excluding steroid dienone is 1. The summed E-state index contributed by atoms with van der Waals surface area (Å²) in [6, 6.07) is 27.3. The van der Waals surface area contributed by atoms with Crippen molar-refractivity contribution >= 4 is 59.4 Å². The fourth-order valence-corrected chi connectivity index (χ4v) is 12.5. The number of benzene rings is 3. The van der Waals surface area contributed by atoms with Gasteiger partial charge in [0.2, 0.25) is 11.8 Å². The minimum absolute atomic E-state index is 0.0436. The number of rotatable bonds is 5. The van der Waals surface area contributed by atoms with E-state index >= 15 is 0 Å². The second-order valence-electron chi connectivity index (χ2n) is 17.0. The number of pyridine rings is 1. The van der Waals surface area contributed by atoms with E-state index in [9.17, 15) is 24.0 Å². The van der Waals surface area contributed by atoms with Gasteiger partial charge in [0.05, 0.1) is 11.2 Å². The van der Waals surface area contributed by atoms with Crippen LogP contribution in [-0.4, -0.2) is 71.5 Å². The maximum Gasteiger partial charge on any atom is 0.325 e. The van der Waals surface area contributed by atoms with Gasteiger partial charge in [0.1, 0.15) is 24.2 Å². The molecule has 4 aromatic rings. The molecule has 3 amide bonds. The van der Waals surface area contributed by atoms with Crippen LogP contribution in [0.15, 0.2) is 97.1 Å². The molecular formula is C47H59N5O6Si. The third-order valence-electron chi connectivity index (χ3n) is 12.2. The van der Waals surface area contributed by atoms with Crippen LogP contribution in [0.5, 0.6) is 0 Å². The zero-order valence-corrected chi connectivity index (χ0v) is 36.1. The summed E-state index contributed by atoms with van der Waals surface area (Å²) in [5.41, 5.74) is 5.34. The van der Waals surface area contributed by atoms with Gasteiger partial charge in [-0.25, -0.2) is 10.4 Å². The number of hydrazine groups is 1. The fraction of sp³-hybridized carbons (Fsp3) is 0.426. The number of aromatic nitrogens is 1. The maximum atomic E-state index is 13.6. The number of nitrogens with one attached hydrogen (secondary N) is 3. The number of carbonyl (C=O) groups is 4. The highest BCUT2D eigenvalue weighted by atomic mass is 28.4. The number of fused-ring (bicyclic) bond motifs is 4. The largest absolute Gasteiger partial charge is 0.455 e. The zero-order valence-electron chi connectivity index (χ0n) is 35.1. The molecule has 59 heavy (non-hydrogen) atoms. The van der Waals surface area contributed by atoms with E-state index in [2.05, 4.69) is 42.1 Å². The van der Waals surface area contributed by atoms with Crippen molar-refractivity contribution in [1.29, 1.82) is 0 Å². The van der Waals surface area contributed by atoms with Crippen LogP contribution in [0.1, 0.15) is 97.4 Å². The molecule has 6 rings (SSSR count). The van der Waals surface area contributed by atoms with Crippen LogP contribution >= 0.6 is 0 Å². The standard InChI is InChI=1S/C47H59N5O6Si/c1-31(2)43-44(54)48-32(3)45(55)52-29-15-23-40(51-52)46(56)58-33(4)39-28-27-35-26-25-34(30-41(35)49-39)16-13-17-36(18-14-24-42(53)50-43)47(5,6)59(57,37-19-9-7-10-20-37)38-21-11-8-12-22-38/h7-13,16,19-22,25-28,30-33,36,40,43,51,57H,14-15,17-18,23-24,29H2,1-6H3,(H,48,54)(H,50,53)/b16-13+/t32-,33+,36?,40-,43-/m0/s1. The van der Waals surface area contributed by atoms with Gasteiger partial charge in [-0.05, 0) is 90.9 Å². The molecule has 3 heterocycles. The van der Waals surface area contributed by atoms with Gasteiger partial charge in [0, 0.05) is 18.4 Å². The van der Waals surface area contributed by atoms with Crippen LogP contribution in [0, 0.1) is 11.8 Å². The highest BCUT2D eigenvalue weighted by Crippen LogP contribution is 2.47. The minimum atomic E-state index is -3.42. The predicted octanol–water partition coefficient (Wildman–Crippen LogP) is 5.72. The number of hydrogen-bond donors (Lipinski definition) is 4. The Morgan fingerprint density at radius 1 is 0.864 bits per heavy atom. The first-order valence-electron chi connectivity index (χ1n) is 21.0. The third-order valence-corrected chi connectivity index (χ3v) is 16.8. The van der Waals surface area contributed by atoms with E-state index in [0.29, 0.717) is 44.3 Å². The lowest BCUT2D eigenvalue weighted by Crippen LogP contribution is -2.67. The van der Waals surface area contributed by atoms with Crippen molar-refractivity contribution in [3.8, 4) is 0 Å². The number of hydrogen-bond acceptors (Lipinski definition) is 8. The molecule has 312 valence electrons. The molecule has 12 heteroatoms. The molecule has 2 aliphatic rings. The van der Waals surface area contributed by atoms with Crippen molar-refractivity contribution in [2.45, 2.75) is 109 Å². The molecule has 4 N–H and O–H groups in total. The average molecular weight is 818 g/mol. The summed E-state index contributed by atoms with van der Waals surface area (Å²) in [6.07, 6.45) is 6.64. The Hall–Kier alpha value is -5.17. The van der Waals surface area contributed by atoms with E-state index in [1.54, 1.807) is 13.8 Å². The van der Waals surface area contributed by atoms with Gasteiger partial charge in [0.25, 0.3) is 14.2 Å². The average Bonchev–Trinajstić information content (AvgIpc) is 3.24. The quantitative estimate of drug-likeness (QED) is 0.148. The van der Waals surface area contributed by atoms with E-state index in [0.717, 1.165) is 26.8 Å². The van der Waals surface area contributed by atoms with E-state index in [1.807, 2.05) is 105 Å². The zero-order chi connectivity index (χ0) is 42.3. The summed E-state index contributed by atoms with van der Waals surface area (Å²) in [5, 5.41) is 9.31. The van der Waals surface area contributed by atoms with Crippen LogP contribution in [0.2, 0.25) is 5.04 Å². The Bertz CT molecular complexity index is 2110. The Kier molecular flexibility index (Phi) is 13.8. The summed E-state index contributed by atoms with van der Waals surface area (Å²) in [6.45, 7) is 11.8. The smallest absolute Gasteiger partial charge is 0.325 e. The molecule has 5 atom stereocenters. The number of carbonyl (C=O) groups excluding carboxylic acids is 4. The van der Waals surface area contributed by atoms with E-state index in [4.69, 9.17) is 9.72 Å². The summed E-state index contributed by atoms with van der Waals surface area (Å²) in [4.78, 5) is 72.2. The topological polar surface area (TPSA) is 150 Å². The molecule has 0 aliphatic carbocycles. The van der Waals surface area contributed by atoms with Crippen LogP contribution in [0.3, 0.4) is 0 Å². The number of nitrogens with zero attached hydrogens (tertiary/aromatic N) is 2. The van der Waals surface area contributed by atoms with E-state index in [-0.39, 0.29) is 24.2 Å². The van der Waals surface area contributed by atoms with E-state index < -0.39 is 55.4 Å². The highest BCUT2D eigenvalue weighted by molar-refractivity contribution is 6.98. The van der Waals surface area contributed by atoms with Crippen molar-refractivity contribution in [3.63, 3.8) is 0 Å². The van der Waals surface area contributed by atoms with Gasteiger partial charge in [-0.15, -0.1) is 0 Å². The van der Waals surface area contributed by atoms with Gasteiger partial charge in [-0.1, -0.05) is 119 Å². The highest BCUT2D eigenvalue weighted by Gasteiger charge is 2.53. The Balaban J connectivity index is 1.35. The molecule has 1 saturated heterocycles. The number of amides is 3. The first-order chi connectivity index (χ1) is 28.2. The van der Waals surface area contributed by atoms with Crippen molar-refractivity contribution in [2.24, 2.45) is 11.8 Å². The van der Waals surface area contributed by atoms with Gasteiger partial charge < -0.3 is 20.2 Å². The third kappa shape index (κ3) is 9.83. The Labute approximate surface area is 349 Å². The summed E-state index contributed by atoms with van der Waals surface area (Å²) in [5.74, 6) is -1.90. The second-order valence-corrected chi connectivity index (χ2v) is 20.9. The van der Waals surface area contributed by atoms with Gasteiger partial charge in [-0.2, -0.15) is 0 Å². The van der Waals surface area contributed by atoms with E-state index in [1.165, 1.54) is 5.01 Å². The van der Waals surface area contributed by atoms with Crippen molar-refractivity contribution in [3.05, 3.63) is 108 Å². The lowest BCUT2D eigenvalue weighted by Gasteiger charge is -2.46. The van der Waals surface area contributed by atoms with Gasteiger partial charge in [-0.3, -0.25) is 24.2 Å². The molecule has 0 saturated carbocycles. The molecule has 11 nitrogen and oxygen atoms in total. The van der Waals surface area contributed by atoms with Crippen LogP contribution in [0.25, 0.3) is 17.0 Å². The molecule has 5 bridgehead atoms. The Morgan fingerprint density at radius 3 is 2.19 bits per heavy atom. The normalized spacial score (nSPS) is 23.9. The molecule has 1 fully saturated rings. The molecule has 1 unspecified atom stereocenters. The summed E-state index contributed by atoms with van der Waals surface area (Å²) >= 11 is 0. The monoisotopic (exact) mass is 817 g/mol. The predicted molar refractivity (Wildman–Crippen MR) is 234 cm³/mol. The number of esters is 1. The molecule has 2 aliphatic heterocycles. The van der Waals surface area contributed by atoms with Crippen LogP contribution in [-0.2, 0) is 23.9 Å². The fourth-order valence-electron chi connectivity index (χ4n) is 8.51.